The van der Waals surface area contributed by atoms with Gasteiger partial charge in [0.25, 0.3) is 0 Å². The summed E-state index contributed by atoms with van der Waals surface area (Å²) in [5, 5.41) is 0. The lowest BCUT2D eigenvalue weighted by atomic mass is 10.1. The number of ketones is 1. The minimum Gasteiger partial charge on any atom is -0.378 e. The molecule has 0 spiro atoms. The van der Waals surface area contributed by atoms with Crippen LogP contribution >= 0.6 is 15.9 Å². The van der Waals surface area contributed by atoms with Gasteiger partial charge in [-0.05, 0) is 12.5 Å². The number of carbonyl (C=O) groups excluding carboxylic acids is 1. The molecule has 0 radical (unpaired) electrons. The predicted molar refractivity (Wildman–Crippen MR) is 79.6 cm³/mol. The first-order valence-corrected chi connectivity index (χ1v) is 7.61. The fourth-order valence-electron chi connectivity index (χ4n) is 2.43. The zero-order valence-corrected chi connectivity index (χ0v) is 12.9. The second-order valence-corrected chi connectivity index (χ2v) is 5.68. The van der Waals surface area contributed by atoms with Crippen LogP contribution in [0.2, 0.25) is 0 Å². The standard InChI is InChI=1S/C15H20BrNO2/c1-2-12-11-19-10-9-17(12)8-7-15(18)13-5-3-4-6-14(13)16/h3-6,12H,2,7-11H2,1H3. The van der Waals surface area contributed by atoms with Crippen LogP contribution in [-0.2, 0) is 4.74 Å². The third-order valence-electron chi connectivity index (χ3n) is 3.62. The molecule has 1 saturated heterocycles. The molecule has 1 heterocycles. The summed E-state index contributed by atoms with van der Waals surface area (Å²) >= 11 is 3.43. The van der Waals surface area contributed by atoms with Gasteiger partial charge in [0.2, 0.25) is 0 Å². The third kappa shape index (κ3) is 3.88. The van der Waals surface area contributed by atoms with E-state index in [0.717, 1.165) is 42.8 Å². The summed E-state index contributed by atoms with van der Waals surface area (Å²) in [4.78, 5) is 14.6. The van der Waals surface area contributed by atoms with Gasteiger partial charge in [0.05, 0.1) is 13.2 Å². The number of hydrogen-bond acceptors (Lipinski definition) is 3. The molecule has 0 aromatic heterocycles. The molecule has 1 aliphatic heterocycles. The maximum absolute atomic E-state index is 12.2. The smallest absolute Gasteiger partial charge is 0.165 e. The third-order valence-corrected chi connectivity index (χ3v) is 4.31. The summed E-state index contributed by atoms with van der Waals surface area (Å²) < 4.78 is 6.36. The molecule has 0 saturated carbocycles. The normalized spacial score (nSPS) is 20.4. The fourth-order valence-corrected chi connectivity index (χ4v) is 2.93. The Kier molecular flexibility index (Phi) is 5.55. The van der Waals surface area contributed by atoms with Crippen LogP contribution in [0.25, 0.3) is 0 Å². The number of morpholine rings is 1. The highest BCUT2D eigenvalue weighted by molar-refractivity contribution is 9.10. The molecule has 1 aromatic rings. The average molecular weight is 326 g/mol. The Morgan fingerprint density at radius 2 is 2.26 bits per heavy atom. The van der Waals surface area contributed by atoms with E-state index in [2.05, 4.69) is 27.8 Å². The van der Waals surface area contributed by atoms with E-state index >= 15 is 0 Å². The van der Waals surface area contributed by atoms with Crippen molar-refractivity contribution in [1.29, 1.82) is 0 Å². The van der Waals surface area contributed by atoms with E-state index in [1.54, 1.807) is 0 Å². The van der Waals surface area contributed by atoms with Gasteiger partial charge in [-0.1, -0.05) is 41.1 Å². The van der Waals surface area contributed by atoms with Crippen LogP contribution in [0, 0.1) is 0 Å². The SMILES string of the molecule is CCC1COCCN1CCC(=O)c1ccccc1Br. The molecule has 19 heavy (non-hydrogen) atoms. The first-order chi connectivity index (χ1) is 9.22. The van der Waals surface area contributed by atoms with Gasteiger partial charge in [-0.15, -0.1) is 0 Å². The lowest BCUT2D eigenvalue weighted by Gasteiger charge is -2.34. The van der Waals surface area contributed by atoms with Crippen LogP contribution < -0.4 is 0 Å². The van der Waals surface area contributed by atoms with Crippen molar-refractivity contribution in [3.8, 4) is 0 Å². The number of rotatable bonds is 5. The van der Waals surface area contributed by atoms with Crippen LogP contribution in [0.3, 0.4) is 0 Å². The van der Waals surface area contributed by atoms with Crippen molar-refractivity contribution >= 4 is 21.7 Å². The van der Waals surface area contributed by atoms with Gasteiger partial charge in [0, 0.05) is 35.6 Å². The van der Waals surface area contributed by atoms with Crippen molar-refractivity contribution in [2.75, 3.05) is 26.3 Å². The summed E-state index contributed by atoms with van der Waals surface area (Å²) in [6.45, 7) is 5.49. The van der Waals surface area contributed by atoms with Crippen molar-refractivity contribution in [2.45, 2.75) is 25.8 Å². The number of halogens is 1. The second-order valence-electron chi connectivity index (χ2n) is 4.83. The molecule has 2 rings (SSSR count). The number of carbonyl (C=O) groups is 1. The largest absolute Gasteiger partial charge is 0.378 e. The lowest BCUT2D eigenvalue weighted by Crippen LogP contribution is -2.45. The first-order valence-electron chi connectivity index (χ1n) is 6.82. The van der Waals surface area contributed by atoms with Gasteiger partial charge in [0.15, 0.2) is 5.78 Å². The monoisotopic (exact) mass is 325 g/mol. The molecule has 0 amide bonds. The van der Waals surface area contributed by atoms with Crippen LogP contribution in [0.5, 0.6) is 0 Å². The Labute approximate surface area is 123 Å². The summed E-state index contributed by atoms with van der Waals surface area (Å²) in [7, 11) is 0. The number of hydrogen-bond donors (Lipinski definition) is 0. The quantitative estimate of drug-likeness (QED) is 0.779. The minimum absolute atomic E-state index is 0.203. The van der Waals surface area contributed by atoms with E-state index < -0.39 is 0 Å². The van der Waals surface area contributed by atoms with Crippen LogP contribution in [0.15, 0.2) is 28.7 Å². The summed E-state index contributed by atoms with van der Waals surface area (Å²) in [6.07, 6.45) is 1.64. The average Bonchev–Trinajstić information content (AvgIpc) is 2.45. The Morgan fingerprint density at radius 3 is 3.00 bits per heavy atom. The maximum atomic E-state index is 12.2. The molecule has 0 bridgehead atoms. The van der Waals surface area contributed by atoms with Crippen molar-refractivity contribution < 1.29 is 9.53 Å². The Morgan fingerprint density at radius 1 is 1.47 bits per heavy atom. The minimum atomic E-state index is 0.203. The van der Waals surface area contributed by atoms with Crippen molar-refractivity contribution in [1.82, 2.24) is 4.90 Å². The number of benzene rings is 1. The van der Waals surface area contributed by atoms with Gasteiger partial charge in [-0.2, -0.15) is 0 Å². The molecular weight excluding hydrogens is 306 g/mol. The van der Waals surface area contributed by atoms with Gasteiger partial charge >= 0.3 is 0 Å². The first kappa shape index (κ1) is 14.7. The Hall–Kier alpha value is -0.710. The number of nitrogens with zero attached hydrogens (tertiary/aromatic N) is 1. The molecule has 1 aromatic carbocycles. The van der Waals surface area contributed by atoms with Crippen LogP contribution in [0.4, 0.5) is 0 Å². The zero-order chi connectivity index (χ0) is 13.7. The van der Waals surface area contributed by atoms with E-state index in [9.17, 15) is 4.79 Å². The van der Waals surface area contributed by atoms with Crippen molar-refractivity contribution in [3.63, 3.8) is 0 Å². The molecule has 1 unspecified atom stereocenters. The highest BCUT2D eigenvalue weighted by Crippen LogP contribution is 2.18. The van der Waals surface area contributed by atoms with Crippen molar-refractivity contribution in [2.24, 2.45) is 0 Å². The molecule has 1 fully saturated rings. The molecule has 4 heteroatoms. The second kappa shape index (κ2) is 7.17. The molecule has 3 nitrogen and oxygen atoms in total. The van der Waals surface area contributed by atoms with E-state index in [0.29, 0.717) is 12.5 Å². The maximum Gasteiger partial charge on any atom is 0.165 e. The Balaban J connectivity index is 1.91. The van der Waals surface area contributed by atoms with Crippen LogP contribution in [0.1, 0.15) is 30.1 Å². The van der Waals surface area contributed by atoms with E-state index in [4.69, 9.17) is 4.74 Å². The number of ether oxygens (including phenoxy) is 1. The van der Waals surface area contributed by atoms with E-state index in [-0.39, 0.29) is 5.78 Å². The van der Waals surface area contributed by atoms with E-state index in [1.165, 1.54) is 0 Å². The molecule has 104 valence electrons. The predicted octanol–water partition coefficient (Wildman–Crippen LogP) is 3.13. The highest BCUT2D eigenvalue weighted by Gasteiger charge is 2.22. The van der Waals surface area contributed by atoms with Gasteiger partial charge < -0.3 is 4.74 Å². The van der Waals surface area contributed by atoms with Gasteiger partial charge in [-0.3, -0.25) is 9.69 Å². The van der Waals surface area contributed by atoms with Gasteiger partial charge in [0.1, 0.15) is 0 Å². The molecule has 0 N–H and O–H groups in total. The van der Waals surface area contributed by atoms with Gasteiger partial charge in [-0.25, -0.2) is 0 Å². The summed E-state index contributed by atoms with van der Waals surface area (Å²) in [5.41, 5.74) is 0.781. The Bertz CT molecular complexity index is 436. The zero-order valence-electron chi connectivity index (χ0n) is 11.3. The summed E-state index contributed by atoms with van der Waals surface area (Å²) in [5.74, 6) is 0.203. The topological polar surface area (TPSA) is 29.5 Å². The molecule has 1 atom stereocenters. The van der Waals surface area contributed by atoms with E-state index in [1.807, 2.05) is 24.3 Å². The molecule has 0 aliphatic carbocycles. The summed E-state index contributed by atoms with van der Waals surface area (Å²) in [6, 6.07) is 8.08. The van der Waals surface area contributed by atoms with Crippen LogP contribution in [-0.4, -0.2) is 43.0 Å². The fraction of sp³-hybridized carbons (Fsp3) is 0.533. The highest BCUT2D eigenvalue weighted by atomic mass is 79.9. The molecule has 1 aliphatic rings. The molecular formula is C15H20BrNO2. The van der Waals surface area contributed by atoms with Crippen molar-refractivity contribution in [3.05, 3.63) is 34.3 Å². The lowest BCUT2D eigenvalue weighted by molar-refractivity contribution is -0.00839. The number of Topliss-reactive ketones (excluding diaryl/α,β-unsaturated/α-hetero) is 1.